The first kappa shape index (κ1) is 15.4. The number of hydrogen-bond acceptors (Lipinski definition) is 3. The summed E-state index contributed by atoms with van der Waals surface area (Å²) in [4.78, 5) is 23.2. The van der Waals surface area contributed by atoms with Crippen LogP contribution in [0.5, 0.6) is 0 Å². The monoisotopic (exact) mass is 323 g/mol. The Balaban J connectivity index is 2.39. The Kier molecular flexibility index (Phi) is 4.50. The molecule has 6 heteroatoms. The Labute approximate surface area is 131 Å². The van der Waals surface area contributed by atoms with Crippen LogP contribution in [-0.4, -0.2) is 16.9 Å². The van der Waals surface area contributed by atoms with Crippen LogP contribution in [0, 0.1) is 0 Å². The van der Waals surface area contributed by atoms with Crippen LogP contribution >= 0.6 is 23.2 Å². The highest BCUT2D eigenvalue weighted by Crippen LogP contribution is 2.25. The van der Waals surface area contributed by atoms with Gasteiger partial charge < -0.3 is 10.8 Å². The van der Waals surface area contributed by atoms with Crippen LogP contribution < -0.4 is 5.73 Å². The number of carbonyl (C=O) groups excluding carboxylic acids is 1. The summed E-state index contributed by atoms with van der Waals surface area (Å²) in [5.74, 6) is -1.29. The minimum absolute atomic E-state index is 0.242. The number of carboxylic acid groups (broad SMARTS) is 1. The first-order valence-electron chi connectivity index (χ1n) is 5.98. The van der Waals surface area contributed by atoms with E-state index in [9.17, 15) is 9.59 Å². The lowest BCUT2D eigenvalue weighted by Gasteiger charge is -2.07. The zero-order chi connectivity index (χ0) is 15.6. The van der Waals surface area contributed by atoms with Crippen molar-refractivity contribution in [2.45, 2.75) is 6.42 Å². The maximum atomic E-state index is 12.4. The van der Waals surface area contributed by atoms with Gasteiger partial charge in [0.05, 0.1) is 16.5 Å². The Morgan fingerprint density at radius 2 is 1.62 bits per heavy atom. The summed E-state index contributed by atoms with van der Waals surface area (Å²) in [6.07, 6.45) is -0.242. The highest BCUT2D eigenvalue weighted by Gasteiger charge is 2.13. The predicted octanol–water partition coefficient (Wildman–Crippen LogP) is 3.43. The van der Waals surface area contributed by atoms with E-state index in [2.05, 4.69) is 0 Å². The number of ketones is 1. The fourth-order valence-electron chi connectivity index (χ4n) is 1.87. The van der Waals surface area contributed by atoms with E-state index >= 15 is 0 Å². The van der Waals surface area contributed by atoms with Crippen molar-refractivity contribution in [3.63, 3.8) is 0 Å². The van der Waals surface area contributed by atoms with Gasteiger partial charge in [-0.05, 0) is 42.0 Å². The van der Waals surface area contributed by atoms with Gasteiger partial charge in [-0.2, -0.15) is 0 Å². The van der Waals surface area contributed by atoms with Crippen molar-refractivity contribution >= 4 is 40.6 Å². The molecule has 0 spiro atoms. The Morgan fingerprint density at radius 3 is 2.24 bits per heavy atom. The van der Waals surface area contributed by atoms with Crippen LogP contribution in [0.25, 0.3) is 0 Å². The number of carboxylic acids is 1. The molecule has 0 fully saturated rings. The summed E-state index contributed by atoms with van der Waals surface area (Å²) in [5.41, 5.74) is 7.16. The molecule has 108 valence electrons. The van der Waals surface area contributed by atoms with Gasteiger partial charge >= 0.3 is 5.97 Å². The maximum absolute atomic E-state index is 12.4. The molecule has 21 heavy (non-hydrogen) atoms. The van der Waals surface area contributed by atoms with Crippen LogP contribution in [0.4, 0.5) is 5.69 Å². The van der Waals surface area contributed by atoms with E-state index in [1.165, 1.54) is 24.3 Å². The molecule has 0 aliphatic rings. The minimum atomic E-state index is -1.01. The van der Waals surface area contributed by atoms with Crippen molar-refractivity contribution in [1.29, 1.82) is 0 Å². The number of halogens is 2. The van der Waals surface area contributed by atoms with E-state index in [1.54, 1.807) is 12.1 Å². The molecule has 0 radical (unpaired) electrons. The van der Waals surface area contributed by atoms with Gasteiger partial charge in [0, 0.05) is 16.8 Å². The normalized spacial score (nSPS) is 10.4. The van der Waals surface area contributed by atoms with Crippen molar-refractivity contribution in [3.8, 4) is 0 Å². The average Bonchev–Trinajstić information content (AvgIpc) is 2.43. The molecule has 2 rings (SSSR count). The summed E-state index contributed by atoms with van der Waals surface area (Å²) in [6, 6.07) is 9.11. The van der Waals surface area contributed by atoms with Crippen LogP contribution in [0.3, 0.4) is 0 Å². The molecule has 0 bridgehead atoms. The van der Waals surface area contributed by atoms with E-state index in [-0.39, 0.29) is 17.2 Å². The lowest BCUT2D eigenvalue weighted by atomic mass is 9.99. The number of nitrogens with two attached hydrogens (primary N) is 1. The smallest absolute Gasteiger partial charge is 0.307 e. The number of rotatable bonds is 4. The van der Waals surface area contributed by atoms with E-state index in [4.69, 9.17) is 34.0 Å². The fourth-order valence-corrected chi connectivity index (χ4v) is 2.17. The third kappa shape index (κ3) is 3.54. The largest absolute Gasteiger partial charge is 0.481 e. The van der Waals surface area contributed by atoms with Crippen LogP contribution in [0.2, 0.25) is 10.0 Å². The maximum Gasteiger partial charge on any atom is 0.307 e. The van der Waals surface area contributed by atoms with Crippen molar-refractivity contribution in [1.82, 2.24) is 0 Å². The zero-order valence-electron chi connectivity index (χ0n) is 10.8. The van der Waals surface area contributed by atoms with Gasteiger partial charge in [0.2, 0.25) is 0 Å². The molecule has 2 aromatic rings. The van der Waals surface area contributed by atoms with Crippen molar-refractivity contribution in [3.05, 3.63) is 63.1 Å². The average molecular weight is 324 g/mol. The SMILES string of the molecule is Nc1ccc(C(=O)c2ccc(Cl)c(Cl)c2)cc1CC(=O)O. The molecule has 0 aliphatic heterocycles. The van der Waals surface area contributed by atoms with E-state index < -0.39 is 5.97 Å². The van der Waals surface area contributed by atoms with Gasteiger partial charge in [0.15, 0.2) is 5.78 Å². The summed E-state index contributed by atoms with van der Waals surface area (Å²) >= 11 is 11.7. The third-order valence-corrected chi connectivity index (χ3v) is 3.67. The van der Waals surface area contributed by atoms with E-state index in [1.807, 2.05) is 0 Å². The number of aliphatic carboxylic acids is 1. The Morgan fingerprint density at radius 1 is 1.00 bits per heavy atom. The quantitative estimate of drug-likeness (QED) is 0.667. The number of anilines is 1. The molecule has 0 heterocycles. The second kappa shape index (κ2) is 6.16. The Bertz CT molecular complexity index is 729. The van der Waals surface area contributed by atoms with Gasteiger partial charge in [-0.1, -0.05) is 23.2 Å². The van der Waals surface area contributed by atoms with Crippen LogP contribution in [-0.2, 0) is 11.2 Å². The van der Waals surface area contributed by atoms with Crippen molar-refractivity contribution < 1.29 is 14.7 Å². The molecular formula is C15H11Cl2NO3. The third-order valence-electron chi connectivity index (χ3n) is 2.93. The van der Waals surface area contributed by atoms with Crippen molar-refractivity contribution in [2.75, 3.05) is 5.73 Å². The molecule has 4 nitrogen and oxygen atoms in total. The molecule has 0 aliphatic carbocycles. The van der Waals surface area contributed by atoms with Gasteiger partial charge in [-0.25, -0.2) is 0 Å². The summed E-state index contributed by atoms with van der Waals surface area (Å²) in [5, 5.41) is 9.47. The zero-order valence-corrected chi connectivity index (χ0v) is 12.3. The lowest BCUT2D eigenvalue weighted by molar-refractivity contribution is -0.136. The molecule has 0 amide bonds. The highest BCUT2D eigenvalue weighted by atomic mass is 35.5. The summed E-state index contributed by atoms with van der Waals surface area (Å²) < 4.78 is 0. The molecule has 0 saturated carbocycles. The standard InChI is InChI=1S/C15H11Cl2NO3/c16-11-3-1-9(6-12(11)17)15(21)8-2-4-13(18)10(5-8)7-14(19)20/h1-6H,7,18H2,(H,19,20). The first-order chi connectivity index (χ1) is 9.88. The number of carbonyl (C=O) groups is 2. The summed E-state index contributed by atoms with van der Waals surface area (Å²) in [6.45, 7) is 0. The van der Waals surface area contributed by atoms with Gasteiger partial charge in [0.25, 0.3) is 0 Å². The lowest BCUT2D eigenvalue weighted by Crippen LogP contribution is -2.07. The van der Waals surface area contributed by atoms with E-state index in [0.29, 0.717) is 27.4 Å². The second-order valence-corrected chi connectivity index (χ2v) is 5.26. The molecule has 0 saturated heterocycles. The second-order valence-electron chi connectivity index (χ2n) is 4.44. The fraction of sp³-hybridized carbons (Fsp3) is 0.0667. The molecule has 3 N–H and O–H groups in total. The van der Waals surface area contributed by atoms with Gasteiger partial charge in [-0.15, -0.1) is 0 Å². The molecular weight excluding hydrogens is 313 g/mol. The van der Waals surface area contributed by atoms with Crippen molar-refractivity contribution in [2.24, 2.45) is 0 Å². The molecule has 0 atom stereocenters. The number of hydrogen-bond donors (Lipinski definition) is 2. The number of nitrogen functional groups attached to an aromatic ring is 1. The first-order valence-corrected chi connectivity index (χ1v) is 6.74. The van der Waals surface area contributed by atoms with Gasteiger partial charge in [0.1, 0.15) is 0 Å². The van der Waals surface area contributed by atoms with Gasteiger partial charge in [-0.3, -0.25) is 9.59 Å². The highest BCUT2D eigenvalue weighted by molar-refractivity contribution is 6.42. The number of benzene rings is 2. The topological polar surface area (TPSA) is 80.4 Å². The van der Waals surface area contributed by atoms with Crippen LogP contribution in [0.1, 0.15) is 21.5 Å². The van der Waals surface area contributed by atoms with Crippen LogP contribution in [0.15, 0.2) is 36.4 Å². The minimum Gasteiger partial charge on any atom is -0.481 e. The molecule has 0 aromatic heterocycles. The van der Waals surface area contributed by atoms with E-state index in [0.717, 1.165) is 0 Å². The molecule has 2 aromatic carbocycles. The Hall–Kier alpha value is -2.04. The summed E-state index contributed by atoms with van der Waals surface area (Å²) in [7, 11) is 0. The predicted molar refractivity (Wildman–Crippen MR) is 82.1 cm³/mol. The molecule has 0 unspecified atom stereocenters.